The fraction of sp³-hybridized carbons (Fsp3) is 0.297. The van der Waals surface area contributed by atoms with E-state index in [-0.39, 0.29) is 29.8 Å². The molecule has 9 heteroatoms. The van der Waals surface area contributed by atoms with Gasteiger partial charge in [-0.1, -0.05) is 103 Å². The molecule has 1 aliphatic carbocycles. The van der Waals surface area contributed by atoms with Crippen LogP contribution in [0.5, 0.6) is 0 Å². The summed E-state index contributed by atoms with van der Waals surface area (Å²) in [6, 6.07) is 29.5. The lowest BCUT2D eigenvalue weighted by Gasteiger charge is -2.34. The van der Waals surface area contributed by atoms with Crippen molar-refractivity contribution < 1.29 is 18.0 Å². The molecule has 240 valence electrons. The van der Waals surface area contributed by atoms with Crippen LogP contribution in [0.4, 0.5) is 5.69 Å². The smallest absolute Gasteiger partial charge is 0.264 e. The molecular weight excluding hydrogens is 618 g/mol. The van der Waals surface area contributed by atoms with Crippen LogP contribution in [-0.2, 0) is 32.6 Å². The van der Waals surface area contributed by atoms with Crippen LogP contribution in [0.15, 0.2) is 108 Å². The molecule has 0 spiro atoms. The molecule has 1 aliphatic rings. The van der Waals surface area contributed by atoms with E-state index in [2.05, 4.69) is 5.32 Å². The number of aryl methyl sites for hydroxylation is 2. The van der Waals surface area contributed by atoms with Gasteiger partial charge in [-0.25, -0.2) is 8.42 Å². The molecule has 1 fully saturated rings. The lowest BCUT2D eigenvalue weighted by atomic mass is 10.0. The first-order valence-corrected chi connectivity index (χ1v) is 17.5. The topological polar surface area (TPSA) is 86.8 Å². The first-order valence-electron chi connectivity index (χ1n) is 15.6. The quantitative estimate of drug-likeness (QED) is 0.181. The van der Waals surface area contributed by atoms with Gasteiger partial charge in [-0.3, -0.25) is 13.9 Å². The van der Waals surface area contributed by atoms with Crippen LogP contribution in [0.1, 0.15) is 47.9 Å². The SMILES string of the molecule is Cc1ccc(CN(C(=O)CN(c2ccc(Cl)cc2C)S(=O)(=O)c2ccccc2)[C@H](Cc2ccccc2)C(=O)NC2CCCC2)cc1. The number of amides is 2. The number of carbonyl (C=O) groups excluding carboxylic acids is 2. The minimum atomic E-state index is -4.18. The molecule has 0 radical (unpaired) electrons. The van der Waals surface area contributed by atoms with Crippen LogP contribution in [-0.4, -0.2) is 43.8 Å². The Kier molecular flexibility index (Phi) is 10.8. The summed E-state index contributed by atoms with van der Waals surface area (Å²) in [5.74, 6) is -0.728. The van der Waals surface area contributed by atoms with Crippen molar-refractivity contribution in [3.63, 3.8) is 0 Å². The summed E-state index contributed by atoms with van der Waals surface area (Å²) < 4.78 is 29.5. The molecule has 0 unspecified atom stereocenters. The van der Waals surface area contributed by atoms with E-state index in [0.29, 0.717) is 16.3 Å². The van der Waals surface area contributed by atoms with Crippen molar-refractivity contribution in [3.05, 3.63) is 130 Å². The van der Waals surface area contributed by atoms with Crippen LogP contribution in [0.25, 0.3) is 0 Å². The summed E-state index contributed by atoms with van der Waals surface area (Å²) in [6.07, 6.45) is 4.17. The van der Waals surface area contributed by atoms with Gasteiger partial charge < -0.3 is 10.2 Å². The number of sulfonamides is 1. The number of benzene rings is 4. The normalized spacial score (nSPS) is 14.1. The summed E-state index contributed by atoms with van der Waals surface area (Å²) in [7, 11) is -4.18. The molecule has 4 aromatic carbocycles. The third-order valence-corrected chi connectivity index (χ3v) is 10.5. The predicted molar refractivity (Wildman–Crippen MR) is 183 cm³/mol. The van der Waals surface area contributed by atoms with Gasteiger partial charge in [0.25, 0.3) is 10.0 Å². The molecule has 0 bridgehead atoms. The van der Waals surface area contributed by atoms with Gasteiger partial charge in [-0.15, -0.1) is 0 Å². The van der Waals surface area contributed by atoms with Gasteiger partial charge in [0.1, 0.15) is 12.6 Å². The highest BCUT2D eigenvalue weighted by Gasteiger charge is 2.36. The molecule has 46 heavy (non-hydrogen) atoms. The van der Waals surface area contributed by atoms with E-state index in [9.17, 15) is 18.0 Å². The molecule has 0 saturated heterocycles. The van der Waals surface area contributed by atoms with Crippen molar-refractivity contribution in [2.24, 2.45) is 0 Å². The van der Waals surface area contributed by atoms with Gasteiger partial charge in [0, 0.05) is 24.0 Å². The highest BCUT2D eigenvalue weighted by Crippen LogP contribution is 2.30. The Balaban J connectivity index is 1.57. The average Bonchev–Trinajstić information content (AvgIpc) is 3.56. The molecular formula is C37H40ClN3O4S. The van der Waals surface area contributed by atoms with Crippen LogP contribution < -0.4 is 9.62 Å². The van der Waals surface area contributed by atoms with Crippen molar-refractivity contribution >= 4 is 39.1 Å². The van der Waals surface area contributed by atoms with Gasteiger partial charge in [-0.2, -0.15) is 0 Å². The van der Waals surface area contributed by atoms with Crippen LogP contribution in [0, 0.1) is 13.8 Å². The fourth-order valence-corrected chi connectivity index (χ4v) is 7.67. The number of carbonyl (C=O) groups is 2. The Bertz CT molecular complexity index is 1740. The van der Waals surface area contributed by atoms with E-state index in [1.807, 2.05) is 61.5 Å². The Labute approximate surface area is 277 Å². The molecule has 0 aromatic heterocycles. The number of halogens is 1. The number of hydrogen-bond acceptors (Lipinski definition) is 4. The minimum absolute atomic E-state index is 0.0498. The van der Waals surface area contributed by atoms with Gasteiger partial charge in [-0.05, 0) is 73.7 Å². The average molecular weight is 658 g/mol. The number of rotatable bonds is 12. The lowest BCUT2D eigenvalue weighted by Crippen LogP contribution is -2.54. The molecule has 0 aliphatic heterocycles. The zero-order chi connectivity index (χ0) is 32.7. The minimum Gasteiger partial charge on any atom is -0.352 e. The molecule has 5 rings (SSSR count). The molecule has 2 amide bonds. The Morgan fingerprint density at radius 2 is 1.48 bits per heavy atom. The largest absolute Gasteiger partial charge is 0.352 e. The first-order chi connectivity index (χ1) is 22.1. The zero-order valence-electron chi connectivity index (χ0n) is 26.2. The summed E-state index contributed by atoms with van der Waals surface area (Å²) >= 11 is 6.25. The third kappa shape index (κ3) is 8.17. The lowest BCUT2D eigenvalue weighted by molar-refractivity contribution is -0.140. The summed E-state index contributed by atoms with van der Waals surface area (Å²) in [5.41, 5.74) is 3.75. The third-order valence-electron chi connectivity index (χ3n) is 8.48. The van der Waals surface area contributed by atoms with Crippen LogP contribution in [0.2, 0.25) is 5.02 Å². The van der Waals surface area contributed by atoms with E-state index in [1.165, 1.54) is 12.1 Å². The van der Waals surface area contributed by atoms with Crippen molar-refractivity contribution in [2.45, 2.75) is 69.5 Å². The molecule has 7 nitrogen and oxygen atoms in total. The van der Waals surface area contributed by atoms with Gasteiger partial charge in [0.05, 0.1) is 10.6 Å². The zero-order valence-corrected chi connectivity index (χ0v) is 27.8. The second kappa shape index (κ2) is 15.0. The summed E-state index contributed by atoms with van der Waals surface area (Å²) in [5, 5.41) is 3.66. The van der Waals surface area contributed by atoms with Crippen LogP contribution in [0.3, 0.4) is 0 Å². The molecule has 4 aromatic rings. The second-order valence-corrected chi connectivity index (χ2v) is 14.3. The van der Waals surface area contributed by atoms with Crippen molar-refractivity contribution in [2.75, 3.05) is 10.8 Å². The van der Waals surface area contributed by atoms with E-state index in [4.69, 9.17) is 11.6 Å². The summed E-state index contributed by atoms with van der Waals surface area (Å²) in [6.45, 7) is 3.37. The number of anilines is 1. The number of nitrogens with one attached hydrogen (secondary N) is 1. The molecule has 1 saturated carbocycles. The second-order valence-electron chi connectivity index (χ2n) is 12.0. The van der Waals surface area contributed by atoms with E-state index >= 15 is 0 Å². The molecule has 1 atom stereocenters. The van der Waals surface area contributed by atoms with E-state index in [0.717, 1.165) is 46.7 Å². The Morgan fingerprint density at radius 1 is 0.848 bits per heavy atom. The summed E-state index contributed by atoms with van der Waals surface area (Å²) in [4.78, 5) is 30.3. The predicted octanol–water partition coefficient (Wildman–Crippen LogP) is 6.85. The number of nitrogens with zero attached hydrogens (tertiary/aromatic N) is 2. The monoisotopic (exact) mass is 657 g/mol. The molecule has 1 N–H and O–H groups in total. The van der Waals surface area contributed by atoms with Crippen molar-refractivity contribution in [3.8, 4) is 0 Å². The molecule has 0 heterocycles. The van der Waals surface area contributed by atoms with E-state index in [1.54, 1.807) is 48.2 Å². The fourth-order valence-electron chi connectivity index (χ4n) is 5.94. The van der Waals surface area contributed by atoms with E-state index < -0.39 is 28.5 Å². The Morgan fingerprint density at radius 3 is 2.11 bits per heavy atom. The van der Waals surface area contributed by atoms with Gasteiger partial charge in [0.2, 0.25) is 11.8 Å². The van der Waals surface area contributed by atoms with Crippen molar-refractivity contribution in [1.29, 1.82) is 0 Å². The Hall–Kier alpha value is -4.14. The van der Waals surface area contributed by atoms with Gasteiger partial charge in [0.15, 0.2) is 0 Å². The first kappa shape index (κ1) is 33.2. The van der Waals surface area contributed by atoms with Gasteiger partial charge >= 0.3 is 0 Å². The maximum Gasteiger partial charge on any atom is 0.264 e. The van der Waals surface area contributed by atoms with Crippen LogP contribution >= 0.6 is 11.6 Å². The highest BCUT2D eigenvalue weighted by molar-refractivity contribution is 7.92. The van der Waals surface area contributed by atoms with Crippen molar-refractivity contribution in [1.82, 2.24) is 10.2 Å². The maximum absolute atomic E-state index is 14.6. The highest BCUT2D eigenvalue weighted by atomic mass is 35.5. The maximum atomic E-state index is 14.6. The standard InChI is InChI=1S/C37H40ClN3O4S/c1-27-17-19-30(20-18-27)25-40(35(24-29-11-5-3-6-12-29)37(43)39-32-13-9-10-14-32)36(42)26-41(34-22-21-31(38)23-28(34)2)46(44,45)33-15-7-4-8-16-33/h3-8,11-12,15-23,32,35H,9-10,13-14,24-26H2,1-2H3,(H,39,43)/t35-/m1/s1. The number of hydrogen-bond donors (Lipinski definition) is 1.